The van der Waals surface area contributed by atoms with Crippen LogP contribution in [0.3, 0.4) is 0 Å². The molecule has 96 valence electrons. The molecule has 0 unspecified atom stereocenters. The summed E-state index contributed by atoms with van der Waals surface area (Å²) < 4.78 is 3.17. The number of aryl methyl sites for hydroxylation is 1. The Bertz CT molecular complexity index is 590. The van der Waals surface area contributed by atoms with Crippen LogP contribution in [0.15, 0.2) is 29.2 Å². The second-order valence-corrected chi connectivity index (χ2v) is 5.32. The van der Waals surface area contributed by atoms with Crippen LogP contribution in [-0.4, -0.2) is 19.3 Å². The summed E-state index contributed by atoms with van der Waals surface area (Å²) in [6.45, 7) is 8.19. The summed E-state index contributed by atoms with van der Waals surface area (Å²) in [5, 5.41) is 4.32. The highest BCUT2D eigenvalue weighted by molar-refractivity contribution is 5.05. The molecule has 0 aliphatic carbocycles. The largest absolute Gasteiger partial charge is 0.346 e. The topological polar surface area (TPSA) is 52.7 Å². The first-order valence-electron chi connectivity index (χ1n) is 5.96. The number of hydrogen-bond donors (Lipinski definition) is 0. The number of nitrogens with zero attached hydrogens (tertiary/aromatic N) is 4. The van der Waals surface area contributed by atoms with Crippen molar-refractivity contribution in [1.29, 1.82) is 0 Å². The number of rotatable bonds is 2. The normalized spacial score (nSPS) is 11.8. The second-order valence-electron chi connectivity index (χ2n) is 5.32. The van der Waals surface area contributed by atoms with E-state index in [1.165, 1.54) is 4.68 Å². The molecule has 2 aromatic rings. The van der Waals surface area contributed by atoms with Gasteiger partial charge in [0.25, 0.3) is 0 Å². The summed E-state index contributed by atoms with van der Waals surface area (Å²) in [4.78, 5) is 16.5. The average Bonchev–Trinajstić information content (AvgIpc) is 2.58. The monoisotopic (exact) mass is 246 g/mol. The van der Waals surface area contributed by atoms with E-state index in [2.05, 4.69) is 10.1 Å². The van der Waals surface area contributed by atoms with Crippen molar-refractivity contribution >= 4 is 0 Å². The van der Waals surface area contributed by atoms with Gasteiger partial charge in [0.15, 0.2) is 0 Å². The van der Waals surface area contributed by atoms with Gasteiger partial charge in [0.1, 0.15) is 5.82 Å². The summed E-state index contributed by atoms with van der Waals surface area (Å²) >= 11 is 0. The van der Waals surface area contributed by atoms with E-state index in [0.717, 1.165) is 5.69 Å². The standard InChI is InChI=1S/C13H18N4O/c1-10-15-17(13(2,3)4)12(18)16(10)9-11-7-5-6-8-14-11/h5-8H,9H2,1-4H3. The molecule has 0 amide bonds. The molecule has 18 heavy (non-hydrogen) atoms. The third-order valence-electron chi connectivity index (χ3n) is 2.73. The van der Waals surface area contributed by atoms with Crippen molar-refractivity contribution in [3.05, 3.63) is 46.4 Å². The maximum atomic E-state index is 12.3. The van der Waals surface area contributed by atoms with Gasteiger partial charge in [-0.3, -0.25) is 9.55 Å². The van der Waals surface area contributed by atoms with Crippen molar-refractivity contribution in [2.24, 2.45) is 0 Å². The Morgan fingerprint density at radius 3 is 2.50 bits per heavy atom. The van der Waals surface area contributed by atoms with Gasteiger partial charge in [-0.1, -0.05) is 6.07 Å². The van der Waals surface area contributed by atoms with Gasteiger partial charge in [0.2, 0.25) is 0 Å². The number of hydrogen-bond acceptors (Lipinski definition) is 3. The highest BCUT2D eigenvalue weighted by Gasteiger charge is 2.20. The van der Waals surface area contributed by atoms with Crippen molar-refractivity contribution in [1.82, 2.24) is 19.3 Å². The lowest BCUT2D eigenvalue weighted by atomic mass is 10.1. The molecule has 0 fully saturated rings. The van der Waals surface area contributed by atoms with Gasteiger partial charge in [-0.15, -0.1) is 0 Å². The summed E-state index contributed by atoms with van der Waals surface area (Å²) in [6.07, 6.45) is 1.73. The Morgan fingerprint density at radius 2 is 2.00 bits per heavy atom. The molecular formula is C13H18N4O. The van der Waals surface area contributed by atoms with Gasteiger partial charge >= 0.3 is 5.69 Å². The highest BCUT2D eigenvalue weighted by atomic mass is 16.2. The Hall–Kier alpha value is -1.91. The second kappa shape index (κ2) is 4.40. The Morgan fingerprint density at radius 1 is 1.28 bits per heavy atom. The van der Waals surface area contributed by atoms with E-state index in [0.29, 0.717) is 12.4 Å². The average molecular weight is 246 g/mol. The first-order chi connectivity index (χ1) is 8.39. The van der Waals surface area contributed by atoms with E-state index in [1.807, 2.05) is 45.9 Å². The lowest BCUT2D eigenvalue weighted by molar-refractivity contribution is 0.340. The molecule has 2 aromatic heterocycles. The molecule has 2 heterocycles. The Labute approximate surface area is 106 Å². The summed E-state index contributed by atoms with van der Waals surface area (Å²) in [5.74, 6) is 0.709. The zero-order valence-corrected chi connectivity index (χ0v) is 11.2. The van der Waals surface area contributed by atoms with Crippen LogP contribution in [0.2, 0.25) is 0 Å². The number of pyridine rings is 1. The lowest BCUT2D eigenvalue weighted by Gasteiger charge is -2.16. The van der Waals surface area contributed by atoms with Crippen LogP contribution in [0.4, 0.5) is 0 Å². The summed E-state index contributed by atoms with van der Waals surface area (Å²) in [5.41, 5.74) is 0.457. The van der Waals surface area contributed by atoms with E-state index < -0.39 is 0 Å². The minimum Gasteiger partial charge on any atom is -0.273 e. The van der Waals surface area contributed by atoms with E-state index in [1.54, 1.807) is 10.8 Å². The molecule has 2 rings (SSSR count). The number of aromatic nitrogens is 4. The molecule has 0 atom stereocenters. The molecule has 0 saturated heterocycles. The van der Waals surface area contributed by atoms with Gasteiger partial charge in [-0.2, -0.15) is 5.10 Å². The Balaban J connectivity index is 2.42. The van der Waals surface area contributed by atoms with E-state index in [9.17, 15) is 4.79 Å². The molecule has 0 radical (unpaired) electrons. The van der Waals surface area contributed by atoms with E-state index in [4.69, 9.17) is 0 Å². The fraction of sp³-hybridized carbons (Fsp3) is 0.462. The van der Waals surface area contributed by atoms with Crippen LogP contribution < -0.4 is 5.69 Å². The molecule has 0 aliphatic heterocycles. The van der Waals surface area contributed by atoms with Crippen molar-refractivity contribution in [3.8, 4) is 0 Å². The van der Waals surface area contributed by atoms with Gasteiger partial charge in [0, 0.05) is 6.20 Å². The fourth-order valence-electron chi connectivity index (χ4n) is 1.77. The molecule has 0 aromatic carbocycles. The first-order valence-corrected chi connectivity index (χ1v) is 5.96. The Kier molecular flexibility index (Phi) is 3.07. The minimum atomic E-state index is -0.308. The van der Waals surface area contributed by atoms with Crippen molar-refractivity contribution in [3.63, 3.8) is 0 Å². The van der Waals surface area contributed by atoms with Crippen LogP contribution in [-0.2, 0) is 12.1 Å². The van der Waals surface area contributed by atoms with E-state index in [-0.39, 0.29) is 11.2 Å². The third-order valence-corrected chi connectivity index (χ3v) is 2.73. The molecule has 0 bridgehead atoms. The van der Waals surface area contributed by atoms with Gasteiger partial charge in [-0.25, -0.2) is 9.48 Å². The van der Waals surface area contributed by atoms with Crippen LogP contribution in [0.1, 0.15) is 32.3 Å². The fourth-order valence-corrected chi connectivity index (χ4v) is 1.77. The zero-order valence-electron chi connectivity index (χ0n) is 11.2. The van der Waals surface area contributed by atoms with Crippen molar-refractivity contribution in [2.45, 2.75) is 39.8 Å². The first kappa shape index (κ1) is 12.5. The van der Waals surface area contributed by atoms with Crippen molar-refractivity contribution in [2.75, 3.05) is 0 Å². The van der Waals surface area contributed by atoms with Crippen LogP contribution in [0.25, 0.3) is 0 Å². The summed E-state index contributed by atoms with van der Waals surface area (Å²) in [6, 6.07) is 5.68. The molecule has 0 aliphatic rings. The smallest absolute Gasteiger partial charge is 0.273 e. The van der Waals surface area contributed by atoms with Crippen molar-refractivity contribution < 1.29 is 0 Å². The summed E-state index contributed by atoms with van der Waals surface area (Å²) in [7, 11) is 0. The maximum Gasteiger partial charge on any atom is 0.346 e. The van der Waals surface area contributed by atoms with Crippen LogP contribution in [0.5, 0.6) is 0 Å². The van der Waals surface area contributed by atoms with Gasteiger partial charge < -0.3 is 0 Å². The SMILES string of the molecule is Cc1nn(C(C)(C)C)c(=O)n1Cc1ccccn1. The highest BCUT2D eigenvalue weighted by Crippen LogP contribution is 2.10. The predicted octanol–water partition coefficient (Wildman–Crippen LogP) is 1.55. The lowest BCUT2D eigenvalue weighted by Crippen LogP contribution is -2.36. The molecule has 5 nitrogen and oxygen atoms in total. The quantitative estimate of drug-likeness (QED) is 0.808. The predicted molar refractivity (Wildman–Crippen MR) is 69.6 cm³/mol. The minimum absolute atomic E-state index is 0.0920. The third kappa shape index (κ3) is 2.34. The van der Waals surface area contributed by atoms with Crippen LogP contribution in [0, 0.1) is 6.92 Å². The molecule has 0 saturated carbocycles. The molecular weight excluding hydrogens is 228 g/mol. The van der Waals surface area contributed by atoms with Crippen LogP contribution >= 0.6 is 0 Å². The zero-order chi connectivity index (χ0) is 13.3. The molecule has 0 N–H and O–H groups in total. The maximum absolute atomic E-state index is 12.3. The van der Waals surface area contributed by atoms with Gasteiger partial charge in [0.05, 0.1) is 17.8 Å². The molecule has 0 spiro atoms. The van der Waals surface area contributed by atoms with E-state index >= 15 is 0 Å². The van der Waals surface area contributed by atoms with Gasteiger partial charge in [-0.05, 0) is 39.8 Å². The molecule has 5 heteroatoms.